The molecule has 4 heteroatoms. The maximum absolute atomic E-state index is 12.2. The van der Waals surface area contributed by atoms with E-state index in [9.17, 15) is 9.59 Å². The molecule has 0 amide bonds. The SMILES string of the molecule is CCCC[C@@H](CC(C)C)OC(=O)c1ccccc1C(=O)O. The fourth-order valence-corrected chi connectivity index (χ4v) is 2.24. The molecule has 1 aromatic carbocycles. The summed E-state index contributed by atoms with van der Waals surface area (Å²) in [6.07, 6.45) is 3.49. The topological polar surface area (TPSA) is 63.6 Å². The summed E-state index contributed by atoms with van der Waals surface area (Å²) in [5.41, 5.74) is 0.108. The molecule has 0 bridgehead atoms. The predicted molar refractivity (Wildman–Crippen MR) is 81.6 cm³/mol. The van der Waals surface area contributed by atoms with Gasteiger partial charge in [0, 0.05) is 0 Å². The largest absolute Gasteiger partial charge is 0.478 e. The number of hydrogen-bond donors (Lipinski definition) is 1. The van der Waals surface area contributed by atoms with E-state index < -0.39 is 11.9 Å². The van der Waals surface area contributed by atoms with Gasteiger partial charge in [-0.3, -0.25) is 0 Å². The van der Waals surface area contributed by atoms with Gasteiger partial charge in [0.15, 0.2) is 0 Å². The minimum Gasteiger partial charge on any atom is -0.478 e. The number of aromatic carboxylic acids is 1. The summed E-state index contributed by atoms with van der Waals surface area (Å²) >= 11 is 0. The van der Waals surface area contributed by atoms with Gasteiger partial charge in [0.05, 0.1) is 11.1 Å². The molecule has 0 saturated heterocycles. The molecular formula is C17H24O4. The molecule has 0 aliphatic rings. The third-order valence-corrected chi connectivity index (χ3v) is 3.27. The van der Waals surface area contributed by atoms with Crippen LogP contribution in [0.3, 0.4) is 0 Å². The van der Waals surface area contributed by atoms with Crippen molar-refractivity contribution in [1.82, 2.24) is 0 Å². The molecule has 1 aromatic rings. The van der Waals surface area contributed by atoms with E-state index in [-0.39, 0.29) is 17.2 Å². The Hall–Kier alpha value is -1.84. The number of hydrogen-bond acceptors (Lipinski definition) is 3. The van der Waals surface area contributed by atoms with Gasteiger partial charge in [0.1, 0.15) is 6.10 Å². The molecule has 0 aliphatic heterocycles. The van der Waals surface area contributed by atoms with Crippen molar-refractivity contribution in [3.8, 4) is 0 Å². The molecule has 4 nitrogen and oxygen atoms in total. The molecule has 0 fully saturated rings. The minimum absolute atomic E-state index is 0.0127. The van der Waals surface area contributed by atoms with Gasteiger partial charge in [-0.05, 0) is 30.9 Å². The second-order valence-corrected chi connectivity index (χ2v) is 5.65. The summed E-state index contributed by atoms with van der Waals surface area (Å²) < 4.78 is 5.54. The molecule has 0 aromatic heterocycles. The number of esters is 1. The molecule has 0 saturated carbocycles. The van der Waals surface area contributed by atoms with Crippen LogP contribution >= 0.6 is 0 Å². The Bertz CT molecular complexity index is 479. The first-order valence-corrected chi connectivity index (χ1v) is 7.49. The van der Waals surface area contributed by atoms with Crippen LogP contribution in [0, 0.1) is 5.92 Å². The smallest absolute Gasteiger partial charge is 0.339 e. The first-order valence-electron chi connectivity index (χ1n) is 7.49. The lowest BCUT2D eigenvalue weighted by atomic mass is 10.0. The Balaban J connectivity index is 2.83. The van der Waals surface area contributed by atoms with Crippen LogP contribution in [-0.2, 0) is 4.74 Å². The second kappa shape index (κ2) is 8.45. The first-order chi connectivity index (χ1) is 9.95. The Kier molecular flexibility index (Phi) is 6.92. The normalized spacial score (nSPS) is 12.2. The number of carbonyl (C=O) groups is 2. The molecule has 1 rings (SSSR count). The molecular weight excluding hydrogens is 268 g/mol. The number of carboxylic acids is 1. The Morgan fingerprint density at radius 2 is 1.81 bits per heavy atom. The van der Waals surface area contributed by atoms with Crippen molar-refractivity contribution in [2.45, 2.75) is 52.6 Å². The molecule has 0 radical (unpaired) electrons. The average Bonchev–Trinajstić information content (AvgIpc) is 2.44. The van der Waals surface area contributed by atoms with Gasteiger partial charge >= 0.3 is 11.9 Å². The number of carbonyl (C=O) groups excluding carboxylic acids is 1. The number of ether oxygens (including phenoxy) is 1. The summed E-state index contributed by atoms with van der Waals surface area (Å²) in [6, 6.07) is 6.16. The van der Waals surface area contributed by atoms with Gasteiger partial charge < -0.3 is 9.84 Å². The van der Waals surface area contributed by atoms with Crippen molar-refractivity contribution in [1.29, 1.82) is 0 Å². The van der Waals surface area contributed by atoms with Crippen molar-refractivity contribution >= 4 is 11.9 Å². The predicted octanol–water partition coefficient (Wildman–Crippen LogP) is 4.15. The van der Waals surface area contributed by atoms with Crippen molar-refractivity contribution in [2.75, 3.05) is 0 Å². The van der Waals surface area contributed by atoms with E-state index in [1.807, 2.05) is 0 Å². The third-order valence-electron chi connectivity index (χ3n) is 3.27. The molecule has 116 valence electrons. The van der Waals surface area contributed by atoms with Crippen LogP contribution in [0.5, 0.6) is 0 Å². The number of benzene rings is 1. The average molecular weight is 292 g/mol. The standard InChI is InChI=1S/C17H24O4/c1-4-5-8-13(11-12(2)3)21-17(20)15-10-7-6-9-14(15)16(18)19/h6-7,9-10,12-13H,4-5,8,11H2,1-3H3,(H,18,19)/t13-/m0/s1. The first kappa shape index (κ1) is 17.2. The summed E-state index contributed by atoms with van der Waals surface area (Å²) in [4.78, 5) is 23.4. The molecule has 1 N–H and O–H groups in total. The monoisotopic (exact) mass is 292 g/mol. The van der Waals surface area contributed by atoms with Crippen LogP contribution in [0.25, 0.3) is 0 Å². The van der Waals surface area contributed by atoms with Gasteiger partial charge in [-0.15, -0.1) is 0 Å². The third kappa shape index (κ3) is 5.58. The van der Waals surface area contributed by atoms with E-state index in [2.05, 4.69) is 20.8 Å². The van der Waals surface area contributed by atoms with Gasteiger partial charge in [-0.1, -0.05) is 45.7 Å². The Morgan fingerprint density at radius 3 is 2.33 bits per heavy atom. The zero-order valence-corrected chi connectivity index (χ0v) is 13.0. The summed E-state index contributed by atoms with van der Waals surface area (Å²) in [6.45, 7) is 6.25. The lowest BCUT2D eigenvalue weighted by Gasteiger charge is -2.20. The van der Waals surface area contributed by atoms with E-state index >= 15 is 0 Å². The summed E-state index contributed by atoms with van der Waals surface area (Å²) in [5.74, 6) is -1.24. The lowest BCUT2D eigenvalue weighted by molar-refractivity contribution is 0.0222. The highest BCUT2D eigenvalue weighted by molar-refractivity contribution is 6.02. The van der Waals surface area contributed by atoms with Gasteiger partial charge in [0.25, 0.3) is 0 Å². The highest BCUT2D eigenvalue weighted by atomic mass is 16.5. The highest BCUT2D eigenvalue weighted by Crippen LogP contribution is 2.18. The number of rotatable bonds is 8. The van der Waals surface area contributed by atoms with Crippen LogP contribution in [0.4, 0.5) is 0 Å². The number of carboxylic acid groups (broad SMARTS) is 1. The van der Waals surface area contributed by atoms with Crippen LogP contribution < -0.4 is 0 Å². The maximum atomic E-state index is 12.2. The molecule has 21 heavy (non-hydrogen) atoms. The minimum atomic E-state index is -1.11. The fraction of sp³-hybridized carbons (Fsp3) is 0.529. The summed E-state index contributed by atoms with van der Waals surface area (Å²) in [7, 11) is 0. The van der Waals surface area contributed by atoms with E-state index in [4.69, 9.17) is 9.84 Å². The Morgan fingerprint density at radius 1 is 1.19 bits per heavy atom. The lowest BCUT2D eigenvalue weighted by Crippen LogP contribution is -2.22. The van der Waals surface area contributed by atoms with E-state index in [0.29, 0.717) is 5.92 Å². The van der Waals surface area contributed by atoms with Crippen LogP contribution in [0.2, 0.25) is 0 Å². The van der Waals surface area contributed by atoms with E-state index in [1.54, 1.807) is 12.1 Å². The highest BCUT2D eigenvalue weighted by Gasteiger charge is 2.21. The maximum Gasteiger partial charge on any atom is 0.339 e. The molecule has 0 heterocycles. The van der Waals surface area contributed by atoms with Gasteiger partial charge in [0.2, 0.25) is 0 Å². The van der Waals surface area contributed by atoms with E-state index in [1.165, 1.54) is 12.1 Å². The van der Waals surface area contributed by atoms with E-state index in [0.717, 1.165) is 25.7 Å². The van der Waals surface area contributed by atoms with Gasteiger partial charge in [-0.25, -0.2) is 9.59 Å². The Labute approximate surface area is 126 Å². The zero-order chi connectivity index (χ0) is 15.8. The van der Waals surface area contributed by atoms with Crippen molar-refractivity contribution in [3.05, 3.63) is 35.4 Å². The second-order valence-electron chi connectivity index (χ2n) is 5.65. The zero-order valence-electron chi connectivity index (χ0n) is 13.0. The van der Waals surface area contributed by atoms with Crippen molar-refractivity contribution in [2.24, 2.45) is 5.92 Å². The number of unbranched alkanes of at least 4 members (excludes halogenated alkanes) is 1. The van der Waals surface area contributed by atoms with Gasteiger partial charge in [-0.2, -0.15) is 0 Å². The van der Waals surface area contributed by atoms with Crippen LogP contribution in [0.15, 0.2) is 24.3 Å². The molecule has 1 atom stereocenters. The molecule has 0 aliphatic carbocycles. The van der Waals surface area contributed by atoms with Crippen molar-refractivity contribution in [3.63, 3.8) is 0 Å². The van der Waals surface area contributed by atoms with Crippen molar-refractivity contribution < 1.29 is 19.4 Å². The van der Waals surface area contributed by atoms with Crippen LogP contribution in [-0.4, -0.2) is 23.1 Å². The fourth-order valence-electron chi connectivity index (χ4n) is 2.24. The summed E-state index contributed by atoms with van der Waals surface area (Å²) in [5, 5.41) is 9.13. The molecule has 0 spiro atoms. The molecule has 0 unspecified atom stereocenters. The van der Waals surface area contributed by atoms with Crippen LogP contribution in [0.1, 0.15) is 67.2 Å². The quantitative estimate of drug-likeness (QED) is 0.731.